The Balaban J connectivity index is 1.27. The molecule has 0 saturated carbocycles. The molecule has 0 spiro atoms. The van der Waals surface area contributed by atoms with Gasteiger partial charge in [0.2, 0.25) is 5.88 Å². The van der Waals surface area contributed by atoms with Crippen LogP contribution in [0.15, 0.2) is 43.0 Å². The summed E-state index contributed by atoms with van der Waals surface area (Å²) in [5.74, 6) is 3.06. The molecule has 0 amide bonds. The van der Waals surface area contributed by atoms with Crippen LogP contribution in [0.25, 0.3) is 22.6 Å². The quantitative estimate of drug-likeness (QED) is 0.433. The zero-order chi connectivity index (χ0) is 25.9. The SMILES string of the molecule is C[C@H]1CCOc2c(cnn2C)-c2nccc(n2)Nc2cc(c(-c3ccn(CCN4CCOCC4)n3)cn2)O1. The minimum Gasteiger partial charge on any atom is -0.490 e. The average molecular weight is 518 g/mol. The molecule has 198 valence electrons. The van der Waals surface area contributed by atoms with Gasteiger partial charge in [-0.15, -0.1) is 0 Å². The van der Waals surface area contributed by atoms with E-state index in [0.717, 1.165) is 56.2 Å². The molecule has 1 atom stereocenters. The van der Waals surface area contributed by atoms with E-state index in [0.29, 0.717) is 42.1 Å². The Kier molecular flexibility index (Phi) is 6.88. The summed E-state index contributed by atoms with van der Waals surface area (Å²) in [6.07, 6.45) is 7.77. The minimum absolute atomic E-state index is 0.110. The molecule has 1 fully saturated rings. The highest BCUT2D eigenvalue weighted by Gasteiger charge is 2.19. The second-order valence-corrected chi connectivity index (χ2v) is 9.43. The lowest BCUT2D eigenvalue weighted by molar-refractivity contribution is 0.0360. The van der Waals surface area contributed by atoms with Crippen LogP contribution in [-0.4, -0.2) is 85.0 Å². The number of fused-ring (bicyclic) bond motifs is 6. The first-order valence-electron chi connectivity index (χ1n) is 12.9. The number of rotatable bonds is 4. The molecular formula is C26H31N9O3. The Labute approximate surface area is 220 Å². The Bertz CT molecular complexity index is 1400. The fourth-order valence-electron chi connectivity index (χ4n) is 4.53. The first-order chi connectivity index (χ1) is 18.6. The molecule has 2 aliphatic rings. The molecule has 4 aromatic rings. The van der Waals surface area contributed by atoms with E-state index in [-0.39, 0.29) is 6.10 Å². The molecule has 1 saturated heterocycles. The topological polar surface area (TPSA) is 117 Å². The third-order valence-corrected chi connectivity index (χ3v) is 6.66. The zero-order valence-electron chi connectivity index (χ0n) is 21.6. The Hall–Kier alpha value is -4.03. The van der Waals surface area contributed by atoms with Gasteiger partial charge in [0.05, 0.1) is 49.9 Å². The number of ether oxygens (including phenoxy) is 3. The van der Waals surface area contributed by atoms with Gasteiger partial charge < -0.3 is 19.5 Å². The highest BCUT2D eigenvalue weighted by molar-refractivity contribution is 5.70. The van der Waals surface area contributed by atoms with Crippen LogP contribution in [0, 0.1) is 0 Å². The number of hydrogen-bond donors (Lipinski definition) is 1. The van der Waals surface area contributed by atoms with E-state index < -0.39 is 0 Å². The van der Waals surface area contributed by atoms with Gasteiger partial charge in [-0.05, 0) is 19.1 Å². The second-order valence-electron chi connectivity index (χ2n) is 9.43. The standard InChI is InChI=1S/C26H31N9O3/c1-18-5-12-37-26-20(17-29-33(26)2)25-27-6-3-23(31-25)30-24-15-22(38-18)19(16-28-24)21-4-7-35(32-21)9-8-34-10-13-36-14-11-34/h3-4,6-7,15-18H,5,8-14H2,1-2H3,(H,27,28,30,31)/t18-/m0/s1. The van der Waals surface area contributed by atoms with Crippen LogP contribution in [0.5, 0.6) is 11.6 Å². The molecule has 38 heavy (non-hydrogen) atoms. The van der Waals surface area contributed by atoms with Gasteiger partial charge in [0.25, 0.3) is 0 Å². The molecule has 0 radical (unpaired) electrons. The fourth-order valence-corrected chi connectivity index (χ4v) is 4.53. The van der Waals surface area contributed by atoms with Gasteiger partial charge in [-0.3, -0.25) is 9.58 Å². The first-order valence-corrected chi connectivity index (χ1v) is 12.9. The Morgan fingerprint density at radius 3 is 2.82 bits per heavy atom. The molecular weight excluding hydrogens is 486 g/mol. The summed E-state index contributed by atoms with van der Waals surface area (Å²) in [7, 11) is 1.84. The lowest BCUT2D eigenvalue weighted by Crippen LogP contribution is -2.38. The number of pyridine rings is 1. The molecule has 0 aromatic carbocycles. The second kappa shape index (κ2) is 10.8. The number of nitrogens with one attached hydrogen (secondary N) is 1. The van der Waals surface area contributed by atoms with E-state index >= 15 is 0 Å². The smallest absolute Gasteiger partial charge is 0.222 e. The summed E-state index contributed by atoms with van der Waals surface area (Å²) in [6.45, 7) is 7.73. The maximum Gasteiger partial charge on any atom is 0.222 e. The molecule has 6 rings (SSSR count). The molecule has 12 heteroatoms. The summed E-state index contributed by atoms with van der Waals surface area (Å²) in [5.41, 5.74) is 2.38. The highest BCUT2D eigenvalue weighted by Crippen LogP contribution is 2.33. The van der Waals surface area contributed by atoms with Crippen molar-refractivity contribution in [2.24, 2.45) is 7.05 Å². The van der Waals surface area contributed by atoms with E-state index in [9.17, 15) is 0 Å². The van der Waals surface area contributed by atoms with Crippen LogP contribution in [-0.2, 0) is 18.3 Å². The summed E-state index contributed by atoms with van der Waals surface area (Å²) in [4.78, 5) is 16.1. The average Bonchev–Trinajstić information content (AvgIpc) is 3.55. The van der Waals surface area contributed by atoms with Gasteiger partial charge in [0.1, 0.15) is 22.9 Å². The summed E-state index contributed by atoms with van der Waals surface area (Å²) < 4.78 is 21.6. The predicted molar refractivity (Wildman–Crippen MR) is 140 cm³/mol. The van der Waals surface area contributed by atoms with Crippen molar-refractivity contribution in [2.75, 3.05) is 44.8 Å². The molecule has 0 unspecified atom stereocenters. The van der Waals surface area contributed by atoms with Gasteiger partial charge in [-0.1, -0.05) is 0 Å². The van der Waals surface area contributed by atoms with E-state index in [1.165, 1.54) is 0 Å². The van der Waals surface area contributed by atoms with E-state index in [1.807, 2.05) is 37.0 Å². The van der Waals surface area contributed by atoms with Gasteiger partial charge in [-0.2, -0.15) is 10.2 Å². The number of hydrogen-bond acceptors (Lipinski definition) is 10. The van der Waals surface area contributed by atoms with Crippen LogP contribution < -0.4 is 14.8 Å². The molecule has 1 N–H and O–H groups in total. The van der Waals surface area contributed by atoms with Gasteiger partial charge in [0.15, 0.2) is 5.82 Å². The number of nitrogens with zero attached hydrogens (tertiary/aromatic N) is 8. The van der Waals surface area contributed by atoms with E-state index in [1.54, 1.807) is 29.3 Å². The third kappa shape index (κ3) is 5.31. The zero-order valence-corrected chi connectivity index (χ0v) is 21.6. The number of morpholine rings is 1. The van der Waals surface area contributed by atoms with Crippen molar-refractivity contribution in [1.29, 1.82) is 0 Å². The number of anilines is 2. The van der Waals surface area contributed by atoms with Crippen molar-refractivity contribution in [3.63, 3.8) is 0 Å². The number of aromatic nitrogens is 7. The Morgan fingerprint density at radius 2 is 1.92 bits per heavy atom. The van der Waals surface area contributed by atoms with Crippen LogP contribution in [0.1, 0.15) is 13.3 Å². The molecule has 6 heterocycles. The molecule has 0 aliphatic carbocycles. The monoisotopic (exact) mass is 517 g/mol. The van der Waals surface area contributed by atoms with Crippen molar-refractivity contribution in [3.05, 3.63) is 43.0 Å². The van der Waals surface area contributed by atoms with Gasteiger partial charge in [-0.25, -0.2) is 19.6 Å². The lowest BCUT2D eigenvalue weighted by atomic mass is 10.2. The maximum absolute atomic E-state index is 6.42. The number of aryl methyl sites for hydroxylation is 1. The molecule has 12 nitrogen and oxygen atoms in total. The van der Waals surface area contributed by atoms with Crippen LogP contribution in [0.4, 0.5) is 11.6 Å². The summed E-state index contributed by atoms with van der Waals surface area (Å²) in [5, 5.41) is 12.4. The third-order valence-electron chi connectivity index (χ3n) is 6.66. The van der Waals surface area contributed by atoms with E-state index in [2.05, 4.69) is 30.3 Å². The lowest BCUT2D eigenvalue weighted by Gasteiger charge is -2.26. The van der Waals surface area contributed by atoms with Crippen molar-refractivity contribution in [1.82, 2.24) is 39.4 Å². The van der Waals surface area contributed by atoms with Crippen LogP contribution in [0.2, 0.25) is 0 Å². The van der Waals surface area contributed by atoms with Crippen molar-refractivity contribution < 1.29 is 14.2 Å². The maximum atomic E-state index is 6.42. The highest BCUT2D eigenvalue weighted by atomic mass is 16.5. The van der Waals surface area contributed by atoms with E-state index in [4.69, 9.17) is 19.3 Å². The first kappa shape index (κ1) is 24.3. The fraction of sp³-hybridized carbons (Fsp3) is 0.423. The van der Waals surface area contributed by atoms with Gasteiger partial charge >= 0.3 is 0 Å². The minimum atomic E-state index is -0.110. The van der Waals surface area contributed by atoms with Crippen molar-refractivity contribution >= 4 is 11.6 Å². The van der Waals surface area contributed by atoms with Crippen LogP contribution in [0.3, 0.4) is 0 Å². The molecule has 2 aliphatic heterocycles. The summed E-state index contributed by atoms with van der Waals surface area (Å²) in [6, 6.07) is 5.69. The normalized spacial score (nSPS) is 18.0. The molecule has 4 bridgehead atoms. The predicted octanol–water partition coefficient (Wildman–Crippen LogP) is 2.76. The van der Waals surface area contributed by atoms with Gasteiger partial charge in [0, 0.05) is 57.8 Å². The van der Waals surface area contributed by atoms with Crippen molar-refractivity contribution in [3.8, 4) is 34.3 Å². The largest absolute Gasteiger partial charge is 0.490 e. The summed E-state index contributed by atoms with van der Waals surface area (Å²) >= 11 is 0. The Morgan fingerprint density at radius 1 is 1.03 bits per heavy atom. The van der Waals surface area contributed by atoms with Crippen molar-refractivity contribution in [2.45, 2.75) is 26.0 Å². The van der Waals surface area contributed by atoms with Crippen LogP contribution >= 0.6 is 0 Å². The molecule has 4 aromatic heterocycles.